The molecule has 3 rings (SSSR count). The largest absolute Gasteiger partial charge is 0.497 e. The maximum atomic E-state index is 12.5. The minimum absolute atomic E-state index is 0.0874. The minimum Gasteiger partial charge on any atom is -0.497 e. The Labute approximate surface area is 140 Å². The first kappa shape index (κ1) is 16.1. The number of amides is 1. The number of carbonyl (C=O) groups is 2. The van der Waals surface area contributed by atoms with Crippen molar-refractivity contribution in [3.8, 4) is 5.75 Å². The summed E-state index contributed by atoms with van der Waals surface area (Å²) in [6.07, 6.45) is 0.690. The van der Waals surface area contributed by atoms with Crippen LogP contribution < -0.4 is 10.1 Å². The van der Waals surface area contributed by atoms with Crippen molar-refractivity contribution in [2.45, 2.75) is 25.5 Å². The number of hydrogen-bond donors (Lipinski definition) is 1. The summed E-state index contributed by atoms with van der Waals surface area (Å²) in [6.45, 7) is 0.182. The third-order valence-corrected chi connectivity index (χ3v) is 4.10. The van der Waals surface area contributed by atoms with E-state index in [2.05, 4.69) is 5.32 Å². The van der Waals surface area contributed by atoms with E-state index in [4.69, 9.17) is 9.47 Å². The molecule has 0 saturated heterocycles. The molecule has 0 radical (unpaired) electrons. The number of rotatable bonds is 4. The fraction of sp³-hybridized carbons (Fsp3) is 0.263. The molecule has 5 heteroatoms. The number of methoxy groups -OCH3 is 1. The zero-order valence-corrected chi connectivity index (χ0v) is 13.5. The molecule has 1 N–H and O–H groups in total. The normalized spacial score (nSPS) is 16.2. The highest BCUT2D eigenvalue weighted by Gasteiger charge is 2.29. The fourth-order valence-electron chi connectivity index (χ4n) is 2.81. The van der Waals surface area contributed by atoms with Crippen LogP contribution >= 0.6 is 0 Å². The molecule has 1 atom stereocenters. The van der Waals surface area contributed by atoms with Gasteiger partial charge < -0.3 is 14.8 Å². The second kappa shape index (κ2) is 7.17. The molecule has 2 aromatic carbocycles. The van der Waals surface area contributed by atoms with Gasteiger partial charge in [-0.1, -0.05) is 30.3 Å². The number of aryl methyl sites for hydroxylation is 1. The van der Waals surface area contributed by atoms with Crippen LogP contribution in [0.3, 0.4) is 0 Å². The van der Waals surface area contributed by atoms with Gasteiger partial charge in [0.25, 0.3) is 0 Å². The number of benzene rings is 2. The van der Waals surface area contributed by atoms with Crippen molar-refractivity contribution < 1.29 is 19.1 Å². The van der Waals surface area contributed by atoms with Gasteiger partial charge >= 0.3 is 6.09 Å². The monoisotopic (exact) mass is 325 g/mol. The van der Waals surface area contributed by atoms with Gasteiger partial charge in [-0.25, -0.2) is 4.79 Å². The van der Waals surface area contributed by atoms with Crippen LogP contribution in [0.2, 0.25) is 0 Å². The number of ketones is 1. The fourth-order valence-corrected chi connectivity index (χ4v) is 2.81. The Bertz CT molecular complexity index is 742. The van der Waals surface area contributed by atoms with E-state index in [-0.39, 0.29) is 12.4 Å². The Kier molecular flexibility index (Phi) is 4.79. The Hall–Kier alpha value is -2.82. The standard InChI is InChI=1S/C19H19NO4/c1-23-15-8-9-16-14(11-15)7-10-17(18(16)21)20-19(22)24-12-13-5-3-2-4-6-13/h2-6,8-9,11,17H,7,10,12H2,1H3,(H,20,22). The number of hydrogen-bond acceptors (Lipinski definition) is 4. The van der Waals surface area contributed by atoms with Crippen molar-refractivity contribution in [2.24, 2.45) is 0 Å². The van der Waals surface area contributed by atoms with Crippen LogP contribution in [0.4, 0.5) is 4.79 Å². The van der Waals surface area contributed by atoms with Crippen molar-refractivity contribution in [1.82, 2.24) is 5.32 Å². The number of alkyl carbamates (subject to hydrolysis) is 1. The zero-order valence-electron chi connectivity index (χ0n) is 13.5. The highest BCUT2D eigenvalue weighted by Crippen LogP contribution is 2.25. The molecule has 1 aliphatic carbocycles. The van der Waals surface area contributed by atoms with Gasteiger partial charge in [0.2, 0.25) is 0 Å². The summed E-state index contributed by atoms with van der Waals surface area (Å²) in [6, 6.07) is 14.2. The average Bonchev–Trinajstić information content (AvgIpc) is 2.63. The highest BCUT2D eigenvalue weighted by atomic mass is 16.5. The second-order valence-electron chi connectivity index (χ2n) is 5.68. The zero-order chi connectivity index (χ0) is 16.9. The summed E-state index contributed by atoms with van der Waals surface area (Å²) in [5.74, 6) is 0.644. The second-order valence-corrected chi connectivity index (χ2v) is 5.68. The van der Waals surface area contributed by atoms with Gasteiger partial charge in [-0.3, -0.25) is 4.79 Å². The van der Waals surface area contributed by atoms with Crippen LogP contribution in [-0.2, 0) is 17.8 Å². The number of Topliss-reactive ketones (excluding diaryl/α,β-unsaturated/α-hetero) is 1. The van der Waals surface area contributed by atoms with Crippen LogP contribution in [0.1, 0.15) is 27.9 Å². The molecule has 0 bridgehead atoms. The molecule has 0 aromatic heterocycles. The summed E-state index contributed by atoms with van der Waals surface area (Å²) >= 11 is 0. The van der Waals surface area contributed by atoms with E-state index in [1.165, 1.54) is 0 Å². The van der Waals surface area contributed by atoms with E-state index in [1.54, 1.807) is 19.2 Å². The maximum Gasteiger partial charge on any atom is 0.408 e. The SMILES string of the molecule is COc1ccc2c(c1)CCC(NC(=O)OCc1ccccc1)C2=O. The summed E-state index contributed by atoms with van der Waals surface area (Å²) in [5.41, 5.74) is 2.49. The van der Waals surface area contributed by atoms with Gasteiger partial charge in [0.15, 0.2) is 5.78 Å². The van der Waals surface area contributed by atoms with E-state index in [9.17, 15) is 9.59 Å². The van der Waals surface area contributed by atoms with Gasteiger partial charge in [0.05, 0.1) is 13.2 Å². The summed E-state index contributed by atoms with van der Waals surface area (Å²) in [5, 5.41) is 2.67. The van der Waals surface area contributed by atoms with Crippen LogP contribution in [-0.4, -0.2) is 25.0 Å². The summed E-state index contributed by atoms with van der Waals surface area (Å²) < 4.78 is 10.4. The molecule has 24 heavy (non-hydrogen) atoms. The lowest BCUT2D eigenvalue weighted by Gasteiger charge is -2.24. The van der Waals surface area contributed by atoms with Crippen LogP contribution in [0.15, 0.2) is 48.5 Å². The van der Waals surface area contributed by atoms with Gasteiger partial charge in [-0.15, -0.1) is 0 Å². The third kappa shape index (κ3) is 3.56. The molecule has 124 valence electrons. The Morgan fingerprint density at radius 3 is 2.75 bits per heavy atom. The molecule has 1 unspecified atom stereocenters. The van der Waals surface area contributed by atoms with Gasteiger partial charge in [-0.2, -0.15) is 0 Å². The predicted molar refractivity (Wildman–Crippen MR) is 89.2 cm³/mol. The molecule has 0 heterocycles. The lowest BCUT2D eigenvalue weighted by atomic mass is 9.87. The van der Waals surface area contributed by atoms with E-state index >= 15 is 0 Å². The molecule has 0 saturated carbocycles. The van der Waals surface area contributed by atoms with Crippen molar-refractivity contribution in [1.29, 1.82) is 0 Å². The minimum atomic E-state index is -0.575. The van der Waals surface area contributed by atoms with Crippen LogP contribution in [0.5, 0.6) is 5.75 Å². The quantitative estimate of drug-likeness (QED) is 0.938. The molecule has 0 spiro atoms. The van der Waals surface area contributed by atoms with Gasteiger partial charge in [0, 0.05) is 5.56 Å². The van der Waals surface area contributed by atoms with Crippen molar-refractivity contribution >= 4 is 11.9 Å². The molecule has 2 aromatic rings. The smallest absolute Gasteiger partial charge is 0.408 e. The summed E-state index contributed by atoms with van der Waals surface area (Å²) in [4.78, 5) is 24.5. The molecule has 0 fully saturated rings. The molecular weight excluding hydrogens is 306 g/mol. The number of carbonyl (C=O) groups excluding carboxylic acids is 2. The topological polar surface area (TPSA) is 64.6 Å². The first-order valence-electron chi connectivity index (χ1n) is 7.85. The van der Waals surface area contributed by atoms with Crippen molar-refractivity contribution in [3.63, 3.8) is 0 Å². The van der Waals surface area contributed by atoms with Crippen LogP contribution in [0.25, 0.3) is 0 Å². The van der Waals surface area contributed by atoms with E-state index in [0.717, 1.165) is 16.9 Å². The maximum absolute atomic E-state index is 12.5. The van der Waals surface area contributed by atoms with Crippen molar-refractivity contribution in [2.75, 3.05) is 7.11 Å². The van der Waals surface area contributed by atoms with Crippen LogP contribution in [0, 0.1) is 0 Å². The number of nitrogens with one attached hydrogen (secondary N) is 1. The van der Waals surface area contributed by atoms with Crippen molar-refractivity contribution in [3.05, 3.63) is 65.2 Å². The summed E-state index contributed by atoms with van der Waals surface area (Å²) in [7, 11) is 1.60. The Morgan fingerprint density at radius 1 is 1.21 bits per heavy atom. The first-order valence-corrected chi connectivity index (χ1v) is 7.85. The third-order valence-electron chi connectivity index (χ3n) is 4.10. The molecule has 1 aliphatic rings. The predicted octanol–water partition coefficient (Wildman–Crippen LogP) is 3.12. The van der Waals surface area contributed by atoms with E-state index < -0.39 is 12.1 Å². The molecule has 1 amide bonds. The first-order chi connectivity index (χ1) is 11.7. The molecule has 5 nitrogen and oxygen atoms in total. The average molecular weight is 325 g/mol. The van der Waals surface area contributed by atoms with Gasteiger partial charge in [0.1, 0.15) is 12.4 Å². The lowest BCUT2D eigenvalue weighted by Crippen LogP contribution is -2.43. The Balaban J connectivity index is 1.59. The molecule has 0 aliphatic heterocycles. The number of ether oxygens (including phenoxy) is 2. The highest BCUT2D eigenvalue weighted by molar-refractivity contribution is 6.03. The molecular formula is C19H19NO4. The van der Waals surface area contributed by atoms with E-state index in [1.807, 2.05) is 36.4 Å². The van der Waals surface area contributed by atoms with Gasteiger partial charge in [-0.05, 0) is 42.2 Å². The Morgan fingerprint density at radius 2 is 2.00 bits per heavy atom. The van der Waals surface area contributed by atoms with E-state index in [0.29, 0.717) is 18.4 Å². The lowest BCUT2D eigenvalue weighted by molar-refractivity contribution is 0.0900. The number of fused-ring (bicyclic) bond motifs is 1.